The Morgan fingerprint density at radius 2 is 1.83 bits per heavy atom. The van der Waals surface area contributed by atoms with Crippen LogP contribution in [0.15, 0.2) is 0 Å². The van der Waals surface area contributed by atoms with Crippen LogP contribution in [0.1, 0.15) is 26.7 Å². The Labute approximate surface area is 74.0 Å². The molecule has 0 aromatic heterocycles. The largest absolute Gasteiger partial charge is 0.355 e. The number of Topliss-reactive ketones (excluding diaryl/α,β-unsaturated/α-hetero) is 1. The first-order valence-corrected chi connectivity index (χ1v) is 4.24. The number of hydrogen-bond acceptors (Lipinski definition) is 3. The fraction of sp³-hybridized carbons (Fsp3) is 0.889. The zero-order valence-electron chi connectivity index (χ0n) is 8.29. The molecular weight excluding hydrogens is 156 g/mol. The molecule has 0 spiro atoms. The zero-order valence-corrected chi connectivity index (χ0v) is 8.29. The molecule has 0 saturated carbocycles. The van der Waals surface area contributed by atoms with E-state index in [1.807, 2.05) is 13.8 Å². The highest BCUT2D eigenvalue weighted by molar-refractivity contribution is 5.80. The molecule has 3 nitrogen and oxygen atoms in total. The first-order chi connectivity index (χ1) is 5.65. The third-order valence-corrected chi connectivity index (χ3v) is 2.06. The van der Waals surface area contributed by atoms with Crippen LogP contribution in [0.2, 0.25) is 0 Å². The lowest BCUT2D eigenvalue weighted by Gasteiger charge is -2.14. The molecule has 1 unspecified atom stereocenters. The van der Waals surface area contributed by atoms with E-state index in [1.54, 1.807) is 0 Å². The van der Waals surface area contributed by atoms with E-state index in [2.05, 4.69) is 0 Å². The van der Waals surface area contributed by atoms with Gasteiger partial charge in [0.1, 0.15) is 5.78 Å². The van der Waals surface area contributed by atoms with Gasteiger partial charge in [0.05, 0.1) is 6.42 Å². The zero-order chi connectivity index (χ0) is 9.56. The molecule has 0 N–H and O–H groups in total. The molecule has 0 rings (SSSR count). The van der Waals surface area contributed by atoms with E-state index in [-0.39, 0.29) is 18.0 Å². The Bertz CT molecular complexity index is 130. The minimum Gasteiger partial charge on any atom is -0.355 e. The number of ketones is 1. The fourth-order valence-electron chi connectivity index (χ4n) is 0.856. The van der Waals surface area contributed by atoms with Crippen LogP contribution in [0.25, 0.3) is 0 Å². The van der Waals surface area contributed by atoms with Gasteiger partial charge in [-0.25, -0.2) is 0 Å². The fourth-order valence-corrected chi connectivity index (χ4v) is 0.856. The van der Waals surface area contributed by atoms with Crippen LogP contribution < -0.4 is 0 Å². The molecular formula is C9H18O3. The number of ether oxygens (including phenoxy) is 2. The predicted molar refractivity (Wildman–Crippen MR) is 46.9 cm³/mol. The minimum atomic E-state index is -0.383. The van der Waals surface area contributed by atoms with E-state index in [9.17, 15) is 4.79 Å². The van der Waals surface area contributed by atoms with Crippen molar-refractivity contribution < 1.29 is 14.3 Å². The second-order valence-electron chi connectivity index (χ2n) is 2.88. The molecule has 3 heteroatoms. The summed E-state index contributed by atoms with van der Waals surface area (Å²) in [5, 5.41) is 0. The van der Waals surface area contributed by atoms with Crippen molar-refractivity contribution in [3.8, 4) is 0 Å². The van der Waals surface area contributed by atoms with Gasteiger partial charge in [-0.05, 0) is 6.42 Å². The molecule has 0 radical (unpaired) electrons. The molecule has 0 aromatic carbocycles. The Morgan fingerprint density at radius 1 is 1.33 bits per heavy atom. The van der Waals surface area contributed by atoms with Crippen LogP contribution >= 0.6 is 0 Å². The molecule has 12 heavy (non-hydrogen) atoms. The summed E-state index contributed by atoms with van der Waals surface area (Å²) in [6.07, 6.45) is 0.840. The highest BCUT2D eigenvalue weighted by Crippen LogP contribution is 2.09. The van der Waals surface area contributed by atoms with Gasteiger partial charge in [-0.3, -0.25) is 4.79 Å². The van der Waals surface area contributed by atoms with Crippen LogP contribution in [-0.4, -0.2) is 26.3 Å². The van der Waals surface area contributed by atoms with Crippen molar-refractivity contribution in [1.29, 1.82) is 0 Å². The minimum absolute atomic E-state index is 0.109. The number of carbonyl (C=O) groups excluding carboxylic acids is 1. The smallest absolute Gasteiger partial charge is 0.163 e. The van der Waals surface area contributed by atoms with E-state index in [0.717, 1.165) is 6.42 Å². The quantitative estimate of drug-likeness (QED) is 0.574. The normalized spacial score (nSPS) is 13.4. The standard InChI is InChI=1S/C9H18O3/c1-5-7(2)8(10)6-9(11-3)12-4/h7,9H,5-6H2,1-4H3. The van der Waals surface area contributed by atoms with Crippen molar-refractivity contribution >= 4 is 5.78 Å². The summed E-state index contributed by atoms with van der Waals surface area (Å²) in [5.41, 5.74) is 0. The molecule has 1 atom stereocenters. The summed E-state index contributed by atoms with van der Waals surface area (Å²) in [6, 6.07) is 0. The summed E-state index contributed by atoms with van der Waals surface area (Å²) < 4.78 is 9.84. The maximum Gasteiger partial charge on any atom is 0.163 e. The second kappa shape index (κ2) is 6.14. The average Bonchev–Trinajstić information content (AvgIpc) is 2.12. The van der Waals surface area contributed by atoms with Gasteiger partial charge in [-0.1, -0.05) is 13.8 Å². The van der Waals surface area contributed by atoms with Crippen molar-refractivity contribution in [2.75, 3.05) is 14.2 Å². The van der Waals surface area contributed by atoms with Gasteiger partial charge in [0, 0.05) is 20.1 Å². The molecule has 0 aromatic rings. The first kappa shape index (κ1) is 11.6. The highest BCUT2D eigenvalue weighted by Gasteiger charge is 2.16. The molecule has 0 amide bonds. The molecule has 72 valence electrons. The highest BCUT2D eigenvalue weighted by atomic mass is 16.7. The Kier molecular flexibility index (Phi) is 5.93. The van der Waals surface area contributed by atoms with Gasteiger partial charge < -0.3 is 9.47 Å². The van der Waals surface area contributed by atoms with Gasteiger partial charge in [0.2, 0.25) is 0 Å². The molecule has 0 aliphatic heterocycles. The maximum absolute atomic E-state index is 11.3. The third kappa shape index (κ3) is 3.83. The van der Waals surface area contributed by atoms with Crippen molar-refractivity contribution in [3.63, 3.8) is 0 Å². The summed E-state index contributed by atoms with van der Waals surface area (Å²) in [5.74, 6) is 0.309. The van der Waals surface area contributed by atoms with Gasteiger partial charge in [0.25, 0.3) is 0 Å². The maximum atomic E-state index is 11.3. The Balaban J connectivity index is 3.81. The summed E-state index contributed by atoms with van der Waals surface area (Å²) in [4.78, 5) is 11.3. The summed E-state index contributed by atoms with van der Waals surface area (Å²) in [7, 11) is 3.08. The second-order valence-corrected chi connectivity index (χ2v) is 2.88. The molecule has 0 bridgehead atoms. The number of hydrogen-bond donors (Lipinski definition) is 0. The molecule has 0 heterocycles. The van der Waals surface area contributed by atoms with Crippen molar-refractivity contribution in [3.05, 3.63) is 0 Å². The van der Waals surface area contributed by atoms with Crippen LogP contribution in [-0.2, 0) is 14.3 Å². The third-order valence-electron chi connectivity index (χ3n) is 2.06. The summed E-state index contributed by atoms with van der Waals surface area (Å²) in [6.45, 7) is 3.92. The van der Waals surface area contributed by atoms with E-state index in [1.165, 1.54) is 14.2 Å². The average molecular weight is 174 g/mol. The molecule has 0 aliphatic rings. The van der Waals surface area contributed by atoms with Crippen LogP contribution in [0, 0.1) is 5.92 Å². The predicted octanol–water partition coefficient (Wildman–Crippen LogP) is 1.61. The number of rotatable bonds is 6. The SMILES string of the molecule is CCC(C)C(=O)CC(OC)OC. The lowest BCUT2D eigenvalue weighted by atomic mass is 10.0. The van der Waals surface area contributed by atoms with E-state index in [4.69, 9.17) is 9.47 Å². The van der Waals surface area contributed by atoms with Gasteiger partial charge in [0.15, 0.2) is 6.29 Å². The van der Waals surface area contributed by atoms with Crippen molar-refractivity contribution in [2.45, 2.75) is 33.0 Å². The topological polar surface area (TPSA) is 35.5 Å². The van der Waals surface area contributed by atoms with Gasteiger partial charge >= 0.3 is 0 Å². The van der Waals surface area contributed by atoms with Crippen LogP contribution in [0.5, 0.6) is 0 Å². The van der Waals surface area contributed by atoms with Gasteiger partial charge in [-0.2, -0.15) is 0 Å². The van der Waals surface area contributed by atoms with Crippen LogP contribution in [0.3, 0.4) is 0 Å². The first-order valence-electron chi connectivity index (χ1n) is 4.24. The number of methoxy groups -OCH3 is 2. The van der Waals surface area contributed by atoms with E-state index < -0.39 is 0 Å². The van der Waals surface area contributed by atoms with Crippen LogP contribution in [0.4, 0.5) is 0 Å². The van der Waals surface area contributed by atoms with Crippen molar-refractivity contribution in [1.82, 2.24) is 0 Å². The lowest BCUT2D eigenvalue weighted by Crippen LogP contribution is -2.21. The lowest BCUT2D eigenvalue weighted by molar-refractivity contribution is -0.140. The van der Waals surface area contributed by atoms with E-state index >= 15 is 0 Å². The Hall–Kier alpha value is -0.410. The van der Waals surface area contributed by atoms with E-state index in [0.29, 0.717) is 6.42 Å². The molecule has 0 aliphatic carbocycles. The summed E-state index contributed by atoms with van der Waals surface area (Å²) >= 11 is 0. The van der Waals surface area contributed by atoms with Crippen molar-refractivity contribution in [2.24, 2.45) is 5.92 Å². The molecule has 0 fully saturated rings. The number of carbonyl (C=O) groups is 1. The Morgan fingerprint density at radius 3 is 2.17 bits per heavy atom. The monoisotopic (exact) mass is 174 g/mol. The molecule has 0 saturated heterocycles. The van der Waals surface area contributed by atoms with Gasteiger partial charge in [-0.15, -0.1) is 0 Å².